The van der Waals surface area contributed by atoms with Gasteiger partial charge in [-0.3, -0.25) is 15.0 Å². The van der Waals surface area contributed by atoms with Crippen molar-refractivity contribution in [2.24, 2.45) is 17.4 Å². The van der Waals surface area contributed by atoms with Gasteiger partial charge in [-0.1, -0.05) is 12.5 Å². The Morgan fingerprint density at radius 3 is 2.92 bits per heavy atom. The molecule has 212 valence electrons. The van der Waals surface area contributed by atoms with Crippen molar-refractivity contribution >= 4 is 23.6 Å². The minimum atomic E-state index is -0.653. The molecule has 5 rings (SSSR count). The van der Waals surface area contributed by atoms with E-state index >= 15 is 0 Å². The minimum absolute atomic E-state index is 0.129. The molecule has 4 aliphatic rings. The number of unbranched alkanes of at least 4 members (excludes halogenated alkanes) is 1. The van der Waals surface area contributed by atoms with E-state index in [-0.39, 0.29) is 36.0 Å². The number of hydrogen-bond acceptors (Lipinski definition) is 8. The Morgan fingerprint density at radius 2 is 2.15 bits per heavy atom. The van der Waals surface area contributed by atoms with Crippen molar-refractivity contribution in [1.82, 2.24) is 15.1 Å². The summed E-state index contributed by atoms with van der Waals surface area (Å²) in [7, 11) is 3.78. The molecule has 4 unspecified atom stereocenters. The standard InChI is InChI=1S/C28H40N6O5/c1-33-13-11-28-17-8-9-20(35)25(28)39-24-21(10-7-16(23(24)28)15-19(17)33)38-27(37)34(2)14-12-32-26(36)18(29)5-3-4-6-22(30)31/h7,10,17-19,25H,3-6,8-9,11-15,29H2,1-2H3,(H3,30,31)(H,32,36)/t17?,18-,19?,25?,28?/m0/s1. The maximum Gasteiger partial charge on any atom is 0.415 e. The summed E-state index contributed by atoms with van der Waals surface area (Å²) in [6.45, 7) is 1.38. The van der Waals surface area contributed by atoms with Gasteiger partial charge in [0.05, 0.1) is 11.9 Å². The SMILES string of the molecule is CN(CCNC(=O)[C@@H](N)CCCCC(=N)N)C(=O)Oc1ccc2c3c1OC1C(=O)CCC4C(C2)N(C)CCC314. The zero-order valence-corrected chi connectivity index (χ0v) is 22.8. The molecule has 2 aliphatic heterocycles. The number of nitrogens with two attached hydrogens (primary N) is 2. The van der Waals surface area contributed by atoms with Crippen LogP contribution < -0.4 is 26.3 Å². The molecule has 1 saturated carbocycles. The molecule has 2 fully saturated rings. The van der Waals surface area contributed by atoms with E-state index in [0.717, 1.165) is 31.4 Å². The van der Waals surface area contributed by atoms with Crippen LogP contribution in [0.4, 0.5) is 4.79 Å². The first-order valence-corrected chi connectivity index (χ1v) is 14.0. The third kappa shape index (κ3) is 4.86. The maximum atomic E-state index is 13.1. The van der Waals surface area contributed by atoms with E-state index in [0.29, 0.717) is 55.6 Å². The van der Waals surface area contributed by atoms with Gasteiger partial charge in [-0.2, -0.15) is 0 Å². The van der Waals surface area contributed by atoms with E-state index in [2.05, 4.69) is 17.3 Å². The number of Topliss-reactive ketones (excluding diaryl/α,β-unsaturated/α-hetero) is 1. The molecule has 1 saturated heterocycles. The van der Waals surface area contributed by atoms with Crippen LogP contribution in [0.25, 0.3) is 0 Å². The number of hydrogen-bond donors (Lipinski definition) is 4. The van der Waals surface area contributed by atoms with Crippen LogP contribution in [0.15, 0.2) is 12.1 Å². The molecule has 6 N–H and O–H groups in total. The van der Waals surface area contributed by atoms with Gasteiger partial charge in [0.15, 0.2) is 23.4 Å². The second-order valence-corrected chi connectivity index (χ2v) is 11.5. The first kappa shape index (κ1) is 27.4. The summed E-state index contributed by atoms with van der Waals surface area (Å²) < 4.78 is 12.2. The summed E-state index contributed by atoms with van der Waals surface area (Å²) in [6.07, 6.45) is 4.49. The minimum Gasteiger partial charge on any atom is -0.477 e. The van der Waals surface area contributed by atoms with Crippen molar-refractivity contribution in [3.05, 3.63) is 23.3 Å². The summed E-state index contributed by atoms with van der Waals surface area (Å²) in [4.78, 5) is 42.1. The molecule has 0 radical (unpaired) electrons. The van der Waals surface area contributed by atoms with Crippen LogP contribution in [0.3, 0.4) is 0 Å². The van der Waals surface area contributed by atoms with E-state index in [9.17, 15) is 14.4 Å². The summed E-state index contributed by atoms with van der Waals surface area (Å²) in [6, 6.07) is 3.54. The lowest BCUT2D eigenvalue weighted by Crippen LogP contribution is -2.65. The average molecular weight is 541 g/mol. The molecule has 0 aromatic heterocycles. The molecular weight excluding hydrogens is 500 g/mol. The number of carbonyl (C=O) groups is 3. The highest BCUT2D eigenvalue weighted by molar-refractivity contribution is 5.89. The third-order valence-corrected chi connectivity index (χ3v) is 9.17. The number of amidine groups is 1. The normalized spacial score (nSPS) is 27.3. The van der Waals surface area contributed by atoms with E-state index in [4.69, 9.17) is 26.4 Å². The highest BCUT2D eigenvalue weighted by Gasteiger charge is 2.65. The Morgan fingerprint density at radius 1 is 1.36 bits per heavy atom. The van der Waals surface area contributed by atoms with E-state index in [1.54, 1.807) is 13.1 Å². The van der Waals surface area contributed by atoms with Crippen LogP contribution in [0.5, 0.6) is 11.5 Å². The number of likely N-dealkylation sites (N-methyl/N-ethyl adjacent to an activating group) is 2. The Hall–Kier alpha value is -3.18. The zero-order valence-electron chi connectivity index (χ0n) is 22.8. The van der Waals surface area contributed by atoms with Crippen molar-refractivity contribution in [2.75, 3.05) is 33.7 Å². The molecule has 2 bridgehead atoms. The Kier molecular flexibility index (Phi) is 7.56. The molecule has 1 aromatic rings. The topological polar surface area (TPSA) is 164 Å². The van der Waals surface area contributed by atoms with Crippen molar-refractivity contribution in [3.63, 3.8) is 0 Å². The van der Waals surface area contributed by atoms with Crippen LogP contribution in [-0.2, 0) is 21.4 Å². The second kappa shape index (κ2) is 10.8. The fourth-order valence-corrected chi connectivity index (χ4v) is 7.14. The molecule has 11 heteroatoms. The molecule has 5 atom stereocenters. The van der Waals surface area contributed by atoms with Gasteiger partial charge in [0, 0.05) is 50.0 Å². The van der Waals surface area contributed by atoms with Crippen molar-refractivity contribution < 1.29 is 23.9 Å². The average Bonchev–Trinajstić information content (AvgIpc) is 3.26. The number of piperidine rings is 1. The predicted molar refractivity (Wildman–Crippen MR) is 145 cm³/mol. The Bertz CT molecular complexity index is 1170. The zero-order chi connectivity index (χ0) is 27.9. The fourth-order valence-electron chi connectivity index (χ4n) is 7.14. The number of ketones is 1. The lowest BCUT2D eigenvalue weighted by Gasteiger charge is -2.57. The highest BCUT2D eigenvalue weighted by Crippen LogP contribution is 2.63. The Labute approximate surface area is 229 Å². The Balaban J connectivity index is 1.21. The van der Waals surface area contributed by atoms with Gasteiger partial charge in [-0.25, -0.2) is 4.79 Å². The first-order valence-electron chi connectivity index (χ1n) is 14.0. The smallest absolute Gasteiger partial charge is 0.415 e. The molecule has 39 heavy (non-hydrogen) atoms. The maximum absolute atomic E-state index is 13.1. The van der Waals surface area contributed by atoms with Crippen molar-refractivity contribution in [1.29, 1.82) is 5.41 Å². The monoisotopic (exact) mass is 540 g/mol. The van der Waals surface area contributed by atoms with Gasteiger partial charge < -0.3 is 36.1 Å². The summed E-state index contributed by atoms with van der Waals surface area (Å²) >= 11 is 0. The summed E-state index contributed by atoms with van der Waals surface area (Å²) in [5.41, 5.74) is 13.2. The number of nitrogens with zero attached hydrogens (tertiary/aromatic N) is 2. The van der Waals surface area contributed by atoms with Gasteiger partial charge in [-0.05, 0) is 63.2 Å². The first-order chi connectivity index (χ1) is 18.6. The molecule has 1 spiro atoms. The van der Waals surface area contributed by atoms with Gasteiger partial charge in [0.1, 0.15) is 0 Å². The lowest BCUT2D eigenvalue weighted by molar-refractivity contribution is -0.138. The number of amides is 2. The summed E-state index contributed by atoms with van der Waals surface area (Å²) in [5.74, 6) is 1.23. The van der Waals surface area contributed by atoms with Crippen molar-refractivity contribution in [2.45, 2.75) is 75.0 Å². The van der Waals surface area contributed by atoms with Gasteiger partial charge in [0.25, 0.3) is 0 Å². The number of rotatable bonds is 10. The number of likely N-dealkylation sites (tertiary alicyclic amines) is 1. The van der Waals surface area contributed by atoms with Crippen molar-refractivity contribution in [3.8, 4) is 11.5 Å². The predicted octanol–water partition coefficient (Wildman–Crippen LogP) is 1.30. The molecule has 11 nitrogen and oxygen atoms in total. The third-order valence-electron chi connectivity index (χ3n) is 9.17. The highest BCUT2D eigenvalue weighted by atomic mass is 16.6. The van der Waals surface area contributed by atoms with Gasteiger partial charge in [-0.15, -0.1) is 0 Å². The van der Waals surface area contributed by atoms with Crippen LogP contribution in [0.2, 0.25) is 0 Å². The quantitative estimate of drug-likeness (QED) is 0.196. The van der Waals surface area contributed by atoms with Crippen LogP contribution in [-0.4, -0.2) is 85.3 Å². The number of nitrogens with one attached hydrogen (secondary N) is 2. The lowest BCUT2D eigenvalue weighted by atomic mass is 9.52. The molecule has 2 aliphatic carbocycles. The number of carbonyl (C=O) groups excluding carboxylic acids is 3. The van der Waals surface area contributed by atoms with Crippen LogP contribution in [0, 0.1) is 11.3 Å². The molecular formula is C28H40N6O5. The van der Waals surface area contributed by atoms with Gasteiger partial charge in [0.2, 0.25) is 5.91 Å². The van der Waals surface area contributed by atoms with E-state index < -0.39 is 18.2 Å². The number of benzene rings is 1. The summed E-state index contributed by atoms with van der Waals surface area (Å²) in [5, 5.41) is 10.0. The fraction of sp³-hybridized carbons (Fsp3) is 0.643. The molecule has 2 amide bonds. The molecule has 2 heterocycles. The van der Waals surface area contributed by atoms with Gasteiger partial charge >= 0.3 is 6.09 Å². The van der Waals surface area contributed by atoms with Crippen LogP contribution >= 0.6 is 0 Å². The van der Waals surface area contributed by atoms with E-state index in [1.165, 1.54) is 10.5 Å². The van der Waals surface area contributed by atoms with Crippen LogP contribution in [0.1, 0.15) is 56.1 Å². The largest absolute Gasteiger partial charge is 0.477 e. The van der Waals surface area contributed by atoms with E-state index in [1.807, 2.05) is 6.07 Å². The second-order valence-electron chi connectivity index (χ2n) is 11.5. The number of ether oxygens (including phenoxy) is 2. The molecule has 1 aromatic carbocycles.